The Kier molecular flexibility index (Phi) is 2.91. The Hall–Kier alpha value is -2.23. The molecule has 0 bridgehead atoms. The van der Waals surface area contributed by atoms with Gasteiger partial charge in [0.05, 0.1) is 7.11 Å². The van der Waals surface area contributed by atoms with E-state index < -0.39 is 0 Å². The quantitative estimate of drug-likeness (QED) is 0.737. The van der Waals surface area contributed by atoms with Gasteiger partial charge >= 0.3 is 0 Å². The van der Waals surface area contributed by atoms with Crippen LogP contribution in [0.15, 0.2) is 47.9 Å². The Morgan fingerprint density at radius 1 is 1.12 bits per heavy atom. The molecule has 4 heteroatoms. The number of pyridine rings is 1. The molecule has 0 spiro atoms. The predicted molar refractivity (Wildman–Crippen MR) is 61.7 cm³/mol. The third-order valence-electron chi connectivity index (χ3n) is 2.29. The van der Waals surface area contributed by atoms with E-state index in [1.54, 1.807) is 24.5 Å². The summed E-state index contributed by atoms with van der Waals surface area (Å²) in [6.07, 6.45) is 3.40. The van der Waals surface area contributed by atoms with Crippen LogP contribution in [0.1, 0.15) is 0 Å². The van der Waals surface area contributed by atoms with E-state index in [-0.39, 0.29) is 0 Å². The van der Waals surface area contributed by atoms with E-state index in [4.69, 9.17) is 4.74 Å². The van der Waals surface area contributed by atoms with E-state index in [0.717, 1.165) is 11.1 Å². The maximum absolute atomic E-state index is 10.6. The highest BCUT2D eigenvalue weighted by atomic mass is 16.5. The van der Waals surface area contributed by atoms with Crippen molar-refractivity contribution in [2.75, 3.05) is 7.11 Å². The van der Waals surface area contributed by atoms with Crippen molar-refractivity contribution in [3.63, 3.8) is 0 Å². The lowest BCUT2D eigenvalue weighted by Crippen LogP contribution is -1.84. The normalized spacial score (nSPS) is 9.81. The van der Waals surface area contributed by atoms with E-state index in [2.05, 4.69) is 10.2 Å². The molecular weight excluding hydrogens is 204 g/mol. The van der Waals surface area contributed by atoms with Crippen LogP contribution in [0.5, 0.6) is 5.75 Å². The molecule has 0 unspecified atom stereocenters. The van der Waals surface area contributed by atoms with Crippen molar-refractivity contribution in [2.45, 2.75) is 0 Å². The van der Waals surface area contributed by atoms with Crippen LogP contribution in [-0.4, -0.2) is 12.1 Å². The molecule has 2 aromatic rings. The molecule has 1 aromatic carbocycles. The first-order valence-electron chi connectivity index (χ1n) is 4.77. The minimum atomic E-state index is 0.303. The molecule has 0 aliphatic rings. The number of nitrogens with zero attached hydrogens (tertiary/aromatic N) is 2. The van der Waals surface area contributed by atoms with Gasteiger partial charge in [0.2, 0.25) is 0 Å². The SMILES string of the molecule is COc1ccc(-c2ccncc2)cc1N=O. The predicted octanol–water partition coefficient (Wildman–Crippen LogP) is 3.16. The molecule has 0 aliphatic heterocycles. The van der Waals surface area contributed by atoms with Crippen molar-refractivity contribution in [3.8, 4) is 16.9 Å². The van der Waals surface area contributed by atoms with Gasteiger partial charge in [0, 0.05) is 12.4 Å². The average molecular weight is 214 g/mol. The molecule has 0 aliphatic carbocycles. The lowest BCUT2D eigenvalue weighted by atomic mass is 10.1. The second kappa shape index (κ2) is 4.53. The first-order chi connectivity index (χ1) is 7.85. The van der Waals surface area contributed by atoms with Crippen LogP contribution in [0.4, 0.5) is 5.69 Å². The smallest absolute Gasteiger partial charge is 0.150 e. The summed E-state index contributed by atoms with van der Waals surface area (Å²) < 4.78 is 5.02. The average Bonchev–Trinajstić information content (AvgIpc) is 2.39. The highest BCUT2D eigenvalue weighted by Gasteiger charge is 2.05. The molecule has 0 radical (unpaired) electrons. The maximum atomic E-state index is 10.6. The largest absolute Gasteiger partial charge is 0.494 e. The summed E-state index contributed by atoms with van der Waals surface area (Å²) in [6, 6.07) is 9.04. The molecule has 0 saturated carbocycles. The van der Waals surface area contributed by atoms with Gasteiger partial charge in [-0.1, -0.05) is 6.07 Å². The van der Waals surface area contributed by atoms with Crippen LogP contribution in [0, 0.1) is 4.91 Å². The number of methoxy groups -OCH3 is 1. The molecule has 16 heavy (non-hydrogen) atoms. The molecular formula is C12H10N2O2. The van der Waals surface area contributed by atoms with Gasteiger partial charge in [-0.05, 0) is 40.6 Å². The van der Waals surface area contributed by atoms with Crippen molar-refractivity contribution in [1.82, 2.24) is 4.98 Å². The molecule has 2 rings (SSSR count). The second-order valence-corrected chi connectivity index (χ2v) is 3.21. The van der Waals surface area contributed by atoms with Crippen LogP contribution >= 0.6 is 0 Å². The number of hydrogen-bond donors (Lipinski definition) is 0. The zero-order valence-electron chi connectivity index (χ0n) is 8.75. The summed E-state index contributed by atoms with van der Waals surface area (Å²) in [4.78, 5) is 14.6. The van der Waals surface area contributed by atoms with E-state index in [9.17, 15) is 4.91 Å². The fourth-order valence-electron chi connectivity index (χ4n) is 1.49. The van der Waals surface area contributed by atoms with Crippen molar-refractivity contribution in [2.24, 2.45) is 5.18 Å². The van der Waals surface area contributed by atoms with Crippen LogP contribution in [0.25, 0.3) is 11.1 Å². The van der Waals surface area contributed by atoms with Crippen LogP contribution in [-0.2, 0) is 0 Å². The number of benzene rings is 1. The van der Waals surface area contributed by atoms with Gasteiger partial charge in [0.15, 0.2) is 0 Å². The summed E-state index contributed by atoms with van der Waals surface area (Å²) in [5, 5.41) is 2.94. The number of rotatable bonds is 3. The Labute approximate surface area is 92.9 Å². The number of ether oxygens (including phenoxy) is 1. The summed E-state index contributed by atoms with van der Waals surface area (Å²) >= 11 is 0. The highest BCUT2D eigenvalue weighted by molar-refractivity contribution is 5.69. The van der Waals surface area contributed by atoms with Gasteiger partial charge in [-0.2, -0.15) is 0 Å². The number of nitroso groups, excluding NO2 is 1. The number of hydrogen-bond acceptors (Lipinski definition) is 4. The summed E-state index contributed by atoms with van der Waals surface area (Å²) in [7, 11) is 1.51. The van der Waals surface area contributed by atoms with Gasteiger partial charge in [-0.15, -0.1) is 4.91 Å². The zero-order valence-corrected chi connectivity index (χ0v) is 8.75. The topological polar surface area (TPSA) is 51.6 Å². The molecule has 1 heterocycles. The second-order valence-electron chi connectivity index (χ2n) is 3.21. The standard InChI is InChI=1S/C12H10N2O2/c1-16-12-3-2-10(8-11(12)14-15)9-4-6-13-7-5-9/h2-8H,1H3. The first-order valence-corrected chi connectivity index (χ1v) is 4.77. The molecule has 0 amide bonds. The monoisotopic (exact) mass is 214 g/mol. The molecule has 0 fully saturated rings. The minimum absolute atomic E-state index is 0.303. The lowest BCUT2D eigenvalue weighted by Gasteiger charge is -2.05. The van der Waals surface area contributed by atoms with Crippen LogP contribution < -0.4 is 4.74 Å². The van der Waals surface area contributed by atoms with E-state index in [0.29, 0.717) is 11.4 Å². The molecule has 0 N–H and O–H groups in total. The minimum Gasteiger partial charge on any atom is -0.494 e. The molecule has 0 saturated heterocycles. The molecule has 4 nitrogen and oxygen atoms in total. The summed E-state index contributed by atoms with van der Waals surface area (Å²) in [6.45, 7) is 0. The fraction of sp³-hybridized carbons (Fsp3) is 0.0833. The summed E-state index contributed by atoms with van der Waals surface area (Å²) in [5.74, 6) is 0.479. The van der Waals surface area contributed by atoms with Crippen molar-refractivity contribution < 1.29 is 4.74 Å². The highest BCUT2D eigenvalue weighted by Crippen LogP contribution is 2.32. The Morgan fingerprint density at radius 3 is 2.50 bits per heavy atom. The van der Waals surface area contributed by atoms with Crippen molar-refractivity contribution >= 4 is 5.69 Å². The molecule has 1 aromatic heterocycles. The van der Waals surface area contributed by atoms with Gasteiger partial charge < -0.3 is 4.74 Å². The third-order valence-corrected chi connectivity index (χ3v) is 2.29. The zero-order chi connectivity index (χ0) is 11.4. The molecule has 0 atom stereocenters. The van der Waals surface area contributed by atoms with E-state index in [1.807, 2.05) is 18.2 Å². The van der Waals surface area contributed by atoms with E-state index in [1.165, 1.54) is 7.11 Å². The van der Waals surface area contributed by atoms with Gasteiger partial charge in [0.25, 0.3) is 0 Å². The Bertz CT molecular complexity index is 498. The Morgan fingerprint density at radius 2 is 1.88 bits per heavy atom. The van der Waals surface area contributed by atoms with E-state index >= 15 is 0 Å². The van der Waals surface area contributed by atoms with Gasteiger partial charge in [-0.25, -0.2) is 0 Å². The van der Waals surface area contributed by atoms with Crippen molar-refractivity contribution in [1.29, 1.82) is 0 Å². The van der Waals surface area contributed by atoms with Gasteiger partial charge in [0.1, 0.15) is 11.4 Å². The van der Waals surface area contributed by atoms with Crippen molar-refractivity contribution in [3.05, 3.63) is 47.6 Å². The maximum Gasteiger partial charge on any atom is 0.150 e. The van der Waals surface area contributed by atoms with Crippen LogP contribution in [0.3, 0.4) is 0 Å². The third kappa shape index (κ3) is 1.91. The first kappa shape index (κ1) is 10.3. The fourth-order valence-corrected chi connectivity index (χ4v) is 1.49. The summed E-state index contributed by atoms with van der Waals surface area (Å²) in [5.41, 5.74) is 2.21. The Balaban J connectivity index is 2.48. The molecule has 80 valence electrons. The lowest BCUT2D eigenvalue weighted by molar-refractivity contribution is 0.416. The number of aromatic nitrogens is 1. The van der Waals surface area contributed by atoms with Crippen LogP contribution in [0.2, 0.25) is 0 Å². The van der Waals surface area contributed by atoms with Gasteiger partial charge in [-0.3, -0.25) is 4.98 Å².